The highest BCUT2D eigenvalue weighted by atomic mass is 32.1. The first-order valence-corrected chi connectivity index (χ1v) is 7.02. The van der Waals surface area contributed by atoms with E-state index < -0.39 is 5.97 Å². The van der Waals surface area contributed by atoms with E-state index in [0.717, 1.165) is 6.42 Å². The third-order valence-corrected chi connectivity index (χ3v) is 3.87. The number of rotatable bonds is 5. The summed E-state index contributed by atoms with van der Waals surface area (Å²) in [5, 5.41) is 3.86. The van der Waals surface area contributed by atoms with E-state index in [1.807, 2.05) is 12.1 Å². The second-order valence-electron chi connectivity index (χ2n) is 4.37. The van der Waals surface area contributed by atoms with E-state index in [1.165, 1.54) is 29.8 Å². The molecule has 0 aliphatic carbocycles. The monoisotopic (exact) mass is 291 g/mol. The molecule has 0 aliphatic rings. The van der Waals surface area contributed by atoms with Gasteiger partial charge in [0.15, 0.2) is 5.82 Å². The van der Waals surface area contributed by atoms with E-state index in [-0.39, 0.29) is 5.82 Å². The van der Waals surface area contributed by atoms with Crippen molar-refractivity contribution in [3.05, 3.63) is 41.0 Å². The number of nitrogens with two attached hydrogens (primary N) is 1. The van der Waals surface area contributed by atoms with Crippen molar-refractivity contribution >= 4 is 28.3 Å². The van der Waals surface area contributed by atoms with Crippen LogP contribution in [0.4, 0.5) is 10.8 Å². The van der Waals surface area contributed by atoms with E-state index in [4.69, 9.17) is 10.5 Å². The lowest BCUT2D eigenvalue weighted by Gasteiger charge is -2.08. The Balaban J connectivity index is 2.02. The summed E-state index contributed by atoms with van der Waals surface area (Å²) in [7, 11) is 1.33. The highest BCUT2D eigenvalue weighted by Gasteiger charge is 2.19. The molecule has 0 bridgehead atoms. The molecule has 0 saturated carbocycles. The minimum Gasteiger partial charge on any atom is -0.465 e. The van der Waals surface area contributed by atoms with Crippen LogP contribution in [0.3, 0.4) is 0 Å². The third-order valence-electron chi connectivity index (χ3n) is 3.05. The normalized spacial score (nSPS) is 10.3. The molecule has 20 heavy (non-hydrogen) atoms. The summed E-state index contributed by atoms with van der Waals surface area (Å²) in [5.74, 6) is -0.255. The van der Waals surface area contributed by atoms with Crippen molar-refractivity contribution in [2.75, 3.05) is 24.7 Å². The predicted octanol–water partition coefficient (Wildman–Crippen LogP) is 2.47. The maximum atomic E-state index is 11.6. The molecule has 106 valence electrons. The van der Waals surface area contributed by atoms with Crippen molar-refractivity contribution in [1.82, 2.24) is 4.37 Å². The molecular weight excluding hydrogens is 274 g/mol. The summed E-state index contributed by atoms with van der Waals surface area (Å²) >= 11 is 1.17. The molecule has 0 aliphatic heterocycles. The average Bonchev–Trinajstić information content (AvgIpc) is 2.81. The van der Waals surface area contributed by atoms with Crippen LogP contribution in [-0.2, 0) is 11.2 Å². The first-order valence-electron chi connectivity index (χ1n) is 6.25. The summed E-state index contributed by atoms with van der Waals surface area (Å²) < 4.78 is 8.69. The van der Waals surface area contributed by atoms with Gasteiger partial charge in [0.25, 0.3) is 0 Å². The molecule has 2 aromatic rings. The molecule has 0 atom stereocenters. The van der Waals surface area contributed by atoms with Gasteiger partial charge in [-0.3, -0.25) is 0 Å². The molecule has 3 N–H and O–H groups in total. The number of anilines is 2. The topological polar surface area (TPSA) is 77.2 Å². The van der Waals surface area contributed by atoms with Gasteiger partial charge in [0.2, 0.25) is 0 Å². The van der Waals surface area contributed by atoms with Crippen molar-refractivity contribution in [1.29, 1.82) is 0 Å². The Morgan fingerprint density at radius 1 is 1.45 bits per heavy atom. The fourth-order valence-electron chi connectivity index (χ4n) is 1.92. The van der Waals surface area contributed by atoms with Gasteiger partial charge in [0.1, 0.15) is 10.6 Å². The van der Waals surface area contributed by atoms with Crippen LogP contribution < -0.4 is 11.1 Å². The Labute approximate surface area is 121 Å². The fourth-order valence-corrected chi connectivity index (χ4v) is 2.65. The van der Waals surface area contributed by atoms with Crippen LogP contribution in [0.5, 0.6) is 0 Å². The molecule has 0 amide bonds. The smallest absolute Gasteiger partial charge is 0.344 e. The SMILES string of the molecule is COC(=O)c1c(N)nsc1NCCc1ccccc1C. The minimum atomic E-state index is -0.463. The predicted molar refractivity (Wildman–Crippen MR) is 81.2 cm³/mol. The molecule has 0 fully saturated rings. The average molecular weight is 291 g/mol. The molecule has 1 heterocycles. The molecule has 5 nitrogen and oxygen atoms in total. The number of nitrogens with one attached hydrogen (secondary N) is 1. The minimum absolute atomic E-state index is 0.209. The van der Waals surface area contributed by atoms with Gasteiger partial charge in [-0.2, -0.15) is 4.37 Å². The van der Waals surface area contributed by atoms with Crippen LogP contribution in [0.1, 0.15) is 21.5 Å². The lowest BCUT2D eigenvalue weighted by Crippen LogP contribution is -2.10. The summed E-state index contributed by atoms with van der Waals surface area (Å²) in [6, 6.07) is 8.22. The van der Waals surface area contributed by atoms with E-state index in [9.17, 15) is 4.79 Å². The number of nitrogens with zero attached hydrogens (tertiary/aromatic N) is 1. The number of carbonyl (C=O) groups excluding carboxylic acids is 1. The number of aryl methyl sites for hydroxylation is 1. The van der Waals surface area contributed by atoms with Crippen molar-refractivity contribution in [3.63, 3.8) is 0 Å². The van der Waals surface area contributed by atoms with Gasteiger partial charge in [-0.25, -0.2) is 4.79 Å². The standard InChI is InChI=1S/C14H17N3O2S/c1-9-5-3-4-6-10(9)7-8-16-13-11(14(18)19-2)12(15)17-20-13/h3-6,16H,7-8H2,1-2H3,(H2,15,17). The quantitative estimate of drug-likeness (QED) is 0.828. The number of benzene rings is 1. The maximum Gasteiger partial charge on any atom is 0.344 e. The molecule has 1 aromatic heterocycles. The lowest BCUT2D eigenvalue weighted by molar-refractivity contribution is 0.0603. The first kappa shape index (κ1) is 14.3. The molecule has 2 rings (SSSR count). The van der Waals surface area contributed by atoms with Crippen molar-refractivity contribution < 1.29 is 9.53 Å². The van der Waals surface area contributed by atoms with Crippen LogP contribution in [0.2, 0.25) is 0 Å². The zero-order chi connectivity index (χ0) is 14.5. The van der Waals surface area contributed by atoms with Gasteiger partial charge < -0.3 is 15.8 Å². The summed E-state index contributed by atoms with van der Waals surface area (Å²) in [4.78, 5) is 11.6. The molecular formula is C14H17N3O2S. The molecule has 0 unspecified atom stereocenters. The highest BCUT2D eigenvalue weighted by molar-refractivity contribution is 7.11. The van der Waals surface area contributed by atoms with Crippen LogP contribution in [0.15, 0.2) is 24.3 Å². The van der Waals surface area contributed by atoms with Gasteiger partial charge in [-0.15, -0.1) is 0 Å². The van der Waals surface area contributed by atoms with E-state index in [1.54, 1.807) is 0 Å². The molecule has 0 saturated heterocycles. The summed E-state index contributed by atoms with van der Waals surface area (Å²) in [6.45, 7) is 2.79. The first-order chi connectivity index (χ1) is 9.63. The number of ether oxygens (including phenoxy) is 1. The van der Waals surface area contributed by atoms with E-state index in [0.29, 0.717) is 17.1 Å². The van der Waals surface area contributed by atoms with Crippen LogP contribution in [-0.4, -0.2) is 24.0 Å². The zero-order valence-electron chi connectivity index (χ0n) is 11.5. The second-order valence-corrected chi connectivity index (χ2v) is 5.14. The van der Waals surface area contributed by atoms with Crippen LogP contribution >= 0.6 is 11.5 Å². The number of methoxy groups -OCH3 is 1. The molecule has 6 heteroatoms. The number of carbonyl (C=O) groups is 1. The maximum absolute atomic E-state index is 11.6. The van der Waals surface area contributed by atoms with Crippen molar-refractivity contribution in [2.45, 2.75) is 13.3 Å². The highest BCUT2D eigenvalue weighted by Crippen LogP contribution is 2.27. The number of esters is 1. The Hall–Kier alpha value is -2.08. The summed E-state index contributed by atoms with van der Waals surface area (Å²) in [6.07, 6.45) is 0.866. The molecule has 0 spiro atoms. The van der Waals surface area contributed by atoms with Gasteiger partial charge in [-0.1, -0.05) is 24.3 Å². The summed E-state index contributed by atoms with van der Waals surface area (Å²) in [5.41, 5.74) is 8.54. The number of aromatic nitrogens is 1. The molecule has 1 aromatic carbocycles. The lowest BCUT2D eigenvalue weighted by atomic mass is 10.1. The Bertz CT molecular complexity index is 610. The van der Waals surface area contributed by atoms with Crippen molar-refractivity contribution in [2.24, 2.45) is 0 Å². The van der Waals surface area contributed by atoms with E-state index in [2.05, 4.69) is 28.7 Å². The van der Waals surface area contributed by atoms with Crippen LogP contribution in [0.25, 0.3) is 0 Å². The number of hydrogen-bond acceptors (Lipinski definition) is 6. The van der Waals surface area contributed by atoms with E-state index >= 15 is 0 Å². The van der Waals surface area contributed by atoms with Gasteiger partial charge in [0.05, 0.1) is 7.11 Å². The van der Waals surface area contributed by atoms with Gasteiger partial charge >= 0.3 is 5.97 Å². The number of nitrogen functional groups attached to an aromatic ring is 1. The second kappa shape index (κ2) is 6.38. The van der Waals surface area contributed by atoms with Gasteiger partial charge in [-0.05, 0) is 36.0 Å². The third kappa shape index (κ3) is 3.08. The Kier molecular flexibility index (Phi) is 4.57. The molecule has 0 radical (unpaired) electrons. The fraction of sp³-hybridized carbons (Fsp3) is 0.286. The van der Waals surface area contributed by atoms with Gasteiger partial charge in [0, 0.05) is 6.54 Å². The number of hydrogen-bond donors (Lipinski definition) is 2. The Morgan fingerprint density at radius 2 is 2.20 bits per heavy atom. The largest absolute Gasteiger partial charge is 0.465 e. The zero-order valence-corrected chi connectivity index (χ0v) is 12.3. The van der Waals surface area contributed by atoms with Crippen LogP contribution in [0, 0.1) is 6.92 Å². The van der Waals surface area contributed by atoms with Crippen molar-refractivity contribution in [3.8, 4) is 0 Å². The Morgan fingerprint density at radius 3 is 2.90 bits per heavy atom.